The maximum atomic E-state index is 12.9. The van der Waals surface area contributed by atoms with Crippen molar-refractivity contribution in [2.75, 3.05) is 18.6 Å². The van der Waals surface area contributed by atoms with Crippen LogP contribution in [0.2, 0.25) is 5.02 Å². The van der Waals surface area contributed by atoms with Gasteiger partial charge in [0.05, 0.1) is 24.4 Å². The van der Waals surface area contributed by atoms with Crippen molar-refractivity contribution in [3.8, 4) is 11.5 Å². The highest BCUT2D eigenvalue weighted by molar-refractivity contribution is 6.39. The number of barbiturate groups is 1. The second-order valence-corrected chi connectivity index (χ2v) is 6.67. The van der Waals surface area contributed by atoms with Crippen molar-refractivity contribution < 1.29 is 23.9 Å². The number of hydrogen-bond acceptors (Lipinski definition) is 5. The quantitative estimate of drug-likeness (QED) is 0.595. The number of benzene rings is 2. The van der Waals surface area contributed by atoms with E-state index in [1.54, 1.807) is 36.4 Å². The number of imide groups is 2. The number of halogens is 1. The van der Waals surface area contributed by atoms with Crippen LogP contribution in [0.25, 0.3) is 6.08 Å². The molecule has 7 nitrogen and oxygen atoms in total. The maximum absolute atomic E-state index is 12.9. The maximum Gasteiger partial charge on any atom is 0.335 e. The topological polar surface area (TPSA) is 84.9 Å². The largest absolute Gasteiger partial charge is 0.491 e. The Labute approximate surface area is 172 Å². The van der Waals surface area contributed by atoms with Crippen molar-refractivity contribution in [3.63, 3.8) is 0 Å². The third kappa shape index (κ3) is 4.09. The molecule has 0 atom stereocenters. The van der Waals surface area contributed by atoms with E-state index in [1.807, 2.05) is 13.8 Å². The number of anilines is 1. The summed E-state index contributed by atoms with van der Waals surface area (Å²) >= 11 is 6.24. The van der Waals surface area contributed by atoms with E-state index in [4.69, 9.17) is 21.1 Å². The molecule has 150 valence electrons. The van der Waals surface area contributed by atoms with Crippen molar-refractivity contribution in [1.82, 2.24) is 5.32 Å². The molecule has 4 amide bonds. The summed E-state index contributed by atoms with van der Waals surface area (Å²) in [5.74, 6) is -0.781. The number of methoxy groups -OCH3 is 1. The summed E-state index contributed by atoms with van der Waals surface area (Å²) in [5, 5.41) is 2.45. The second kappa shape index (κ2) is 8.36. The molecule has 1 aliphatic heterocycles. The van der Waals surface area contributed by atoms with Gasteiger partial charge < -0.3 is 9.47 Å². The van der Waals surface area contributed by atoms with Crippen LogP contribution in [0.4, 0.5) is 10.5 Å². The van der Waals surface area contributed by atoms with Crippen LogP contribution >= 0.6 is 11.6 Å². The summed E-state index contributed by atoms with van der Waals surface area (Å²) < 4.78 is 10.8. The van der Waals surface area contributed by atoms with Gasteiger partial charge in [-0.15, -0.1) is 0 Å². The van der Waals surface area contributed by atoms with Crippen molar-refractivity contribution >= 4 is 41.2 Å². The van der Waals surface area contributed by atoms with E-state index in [0.717, 1.165) is 10.5 Å². The summed E-state index contributed by atoms with van der Waals surface area (Å²) in [5.41, 5.74) is 1.59. The van der Waals surface area contributed by atoms with Crippen molar-refractivity contribution in [1.29, 1.82) is 0 Å². The lowest BCUT2D eigenvalue weighted by molar-refractivity contribution is -0.122. The van der Waals surface area contributed by atoms with E-state index in [1.165, 1.54) is 13.2 Å². The third-order valence-corrected chi connectivity index (χ3v) is 4.52. The van der Waals surface area contributed by atoms with Crippen molar-refractivity contribution in [3.05, 3.63) is 58.1 Å². The van der Waals surface area contributed by atoms with Gasteiger partial charge in [-0.1, -0.05) is 29.3 Å². The number of nitrogens with one attached hydrogen (secondary N) is 1. The van der Waals surface area contributed by atoms with Crippen LogP contribution in [0.5, 0.6) is 11.5 Å². The fourth-order valence-corrected chi connectivity index (χ4v) is 3.18. The average Bonchev–Trinajstić information content (AvgIpc) is 2.67. The first-order valence-corrected chi connectivity index (χ1v) is 9.22. The lowest BCUT2D eigenvalue weighted by atomic mass is 10.1. The molecule has 1 fully saturated rings. The molecule has 0 unspecified atom stereocenters. The van der Waals surface area contributed by atoms with Gasteiger partial charge in [-0.2, -0.15) is 0 Å². The van der Waals surface area contributed by atoms with Crippen LogP contribution in [0.15, 0.2) is 42.0 Å². The van der Waals surface area contributed by atoms with Gasteiger partial charge in [0.25, 0.3) is 11.8 Å². The minimum atomic E-state index is -0.802. The molecule has 2 aromatic carbocycles. The predicted molar refractivity (Wildman–Crippen MR) is 109 cm³/mol. The molecule has 1 N–H and O–H groups in total. The molecule has 1 saturated heterocycles. The van der Waals surface area contributed by atoms with Gasteiger partial charge in [0, 0.05) is 0 Å². The molecule has 29 heavy (non-hydrogen) atoms. The van der Waals surface area contributed by atoms with Crippen LogP contribution < -0.4 is 19.7 Å². The van der Waals surface area contributed by atoms with Gasteiger partial charge in [0.2, 0.25) is 0 Å². The van der Waals surface area contributed by atoms with Gasteiger partial charge in [-0.3, -0.25) is 14.9 Å². The Bertz CT molecular complexity index is 1010. The molecular formula is C21H19ClN2O5. The van der Waals surface area contributed by atoms with E-state index in [-0.39, 0.29) is 10.6 Å². The monoisotopic (exact) mass is 414 g/mol. The summed E-state index contributed by atoms with van der Waals surface area (Å²) in [6.45, 7) is 4.07. The summed E-state index contributed by atoms with van der Waals surface area (Å²) in [6, 6.07) is 9.16. The minimum absolute atomic E-state index is 0.200. The molecule has 2 aromatic rings. The highest BCUT2D eigenvalue weighted by Gasteiger charge is 2.36. The van der Waals surface area contributed by atoms with Crippen LogP contribution in [0, 0.1) is 6.92 Å². The average molecular weight is 415 g/mol. The minimum Gasteiger partial charge on any atom is -0.491 e. The lowest BCUT2D eigenvalue weighted by Gasteiger charge is -2.26. The molecule has 0 bridgehead atoms. The third-order valence-electron chi connectivity index (χ3n) is 4.24. The van der Waals surface area contributed by atoms with Crippen LogP contribution in [-0.2, 0) is 9.59 Å². The molecule has 1 heterocycles. The van der Waals surface area contributed by atoms with Crippen LogP contribution in [0.3, 0.4) is 0 Å². The molecule has 1 aliphatic rings. The number of carbonyl (C=O) groups is 3. The highest BCUT2D eigenvalue weighted by atomic mass is 35.5. The van der Waals surface area contributed by atoms with Gasteiger partial charge in [0.1, 0.15) is 5.57 Å². The van der Waals surface area contributed by atoms with Gasteiger partial charge in [-0.05, 0) is 49.8 Å². The SMILES string of the molecule is CCOc1cc(/C=C2\C(=O)NC(=O)N(c3ccc(C)cc3)C2=O)cc(Cl)c1OC. The molecule has 0 aromatic heterocycles. The zero-order chi connectivity index (χ0) is 21.1. The molecule has 0 spiro atoms. The first-order chi connectivity index (χ1) is 13.8. The molecule has 0 radical (unpaired) electrons. The van der Waals surface area contributed by atoms with E-state index in [0.29, 0.717) is 29.4 Å². The first-order valence-electron chi connectivity index (χ1n) is 8.84. The van der Waals surface area contributed by atoms with Crippen molar-refractivity contribution in [2.45, 2.75) is 13.8 Å². The summed E-state index contributed by atoms with van der Waals surface area (Å²) in [7, 11) is 1.46. The number of amides is 4. The van der Waals surface area contributed by atoms with Gasteiger partial charge >= 0.3 is 6.03 Å². The Hall–Kier alpha value is -3.32. The molecular weight excluding hydrogens is 396 g/mol. The first kappa shape index (κ1) is 20.4. The Balaban J connectivity index is 2.03. The van der Waals surface area contributed by atoms with Crippen LogP contribution in [0.1, 0.15) is 18.1 Å². The number of hydrogen-bond donors (Lipinski definition) is 1. The predicted octanol–water partition coefficient (Wildman–Crippen LogP) is 3.72. The molecule has 0 aliphatic carbocycles. The smallest absolute Gasteiger partial charge is 0.335 e. The van der Waals surface area contributed by atoms with E-state index >= 15 is 0 Å². The molecule has 8 heteroatoms. The standard InChI is InChI=1S/C21H19ClN2O5/c1-4-29-17-11-13(10-16(22)18(17)28-3)9-15-19(25)23-21(27)24(20(15)26)14-7-5-12(2)6-8-14/h5-11H,4H2,1-3H3,(H,23,25,27)/b15-9+. The van der Waals surface area contributed by atoms with Gasteiger partial charge in [-0.25, -0.2) is 9.69 Å². The zero-order valence-corrected chi connectivity index (χ0v) is 16.9. The molecule has 3 rings (SSSR count). The van der Waals surface area contributed by atoms with E-state index < -0.39 is 17.8 Å². The Morgan fingerprint density at radius 2 is 1.83 bits per heavy atom. The number of nitrogens with zero attached hydrogens (tertiary/aromatic N) is 1. The van der Waals surface area contributed by atoms with Crippen LogP contribution in [-0.4, -0.2) is 31.6 Å². The number of carbonyl (C=O) groups excluding carboxylic acids is 3. The number of rotatable bonds is 5. The summed E-state index contributed by atoms with van der Waals surface area (Å²) in [6.07, 6.45) is 1.36. The highest BCUT2D eigenvalue weighted by Crippen LogP contribution is 2.37. The number of aryl methyl sites for hydroxylation is 1. The van der Waals surface area contributed by atoms with E-state index in [9.17, 15) is 14.4 Å². The Morgan fingerprint density at radius 3 is 2.45 bits per heavy atom. The number of ether oxygens (including phenoxy) is 2. The fourth-order valence-electron chi connectivity index (χ4n) is 2.88. The fraction of sp³-hybridized carbons (Fsp3) is 0.190. The molecule has 0 saturated carbocycles. The zero-order valence-electron chi connectivity index (χ0n) is 16.1. The Morgan fingerprint density at radius 1 is 1.14 bits per heavy atom. The summed E-state index contributed by atoms with van der Waals surface area (Å²) in [4.78, 5) is 38.5. The number of urea groups is 1. The lowest BCUT2D eigenvalue weighted by Crippen LogP contribution is -2.54. The Kier molecular flexibility index (Phi) is 5.89. The van der Waals surface area contributed by atoms with E-state index in [2.05, 4.69) is 5.32 Å². The van der Waals surface area contributed by atoms with Gasteiger partial charge in [0.15, 0.2) is 11.5 Å². The normalized spacial score (nSPS) is 15.5. The second-order valence-electron chi connectivity index (χ2n) is 6.26. The van der Waals surface area contributed by atoms with Crippen molar-refractivity contribution in [2.24, 2.45) is 0 Å².